The van der Waals surface area contributed by atoms with Crippen molar-refractivity contribution in [2.24, 2.45) is 0 Å². The Morgan fingerprint density at radius 3 is 2.71 bits per heavy atom. The van der Waals surface area contributed by atoms with Crippen LogP contribution in [0.2, 0.25) is 0 Å². The van der Waals surface area contributed by atoms with Crippen molar-refractivity contribution in [2.75, 3.05) is 5.73 Å². The van der Waals surface area contributed by atoms with Crippen molar-refractivity contribution in [3.63, 3.8) is 0 Å². The minimum atomic E-state index is 0.0346. The first kappa shape index (κ1) is 11.6. The zero-order valence-electron chi connectivity index (χ0n) is 10.5. The molecule has 0 saturated heterocycles. The van der Waals surface area contributed by atoms with Gasteiger partial charge in [0.2, 0.25) is 0 Å². The second-order valence-electron chi connectivity index (χ2n) is 5.22. The molecule has 2 aromatic rings. The number of hydrogen-bond acceptors (Lipinski definition) is 3. The van der Waals surface area contributed by atoms with Gasteiger partial charge in [-0.2, -0.15) is 5.10 Å². The van der Waals surface area contributed by atoms with Crippen LogP contribution in [-0.2, 0) is 12.0 Å². The summed E-state index contributed by atoms with van der Waals surface area (Å²) in [4.78, 5) is 4.11. The summed E-state index contributed by atoms with van der Waals surface area (Å²) in [5.41, 5.74) is 8.08. The van der Waals surface area contributed by atoms with Crippen LogP contribution in [0.1, 0.15) is 32.0 Å². The zero-order chi connectivity index (χ0) is 12.5. The lowest BCUT2D eigenvalue weighted by Gasteiger charge is -2.20. The Kier molecular flexibility index (Phi) is 2.88. The first-order valence-corrected chi connectivity index (χ1v) is 5.69. The quantitative estimate of drug-likeness (QED) is 0.860. The van der Waals surface area contributed by atoms with Crippen LogP contribution in [0.5, 0.6) is 0 Å². The minimum Gasteiger partial charge on any atom is -0.382 e. The lowest BCUT2D eigenvalue weighted by Crippen LogP contribution is -2.18. The summed E-state index contributed by atoms with van der Waals surface area (Å²) >= 11 is 0. The van der Waals surface area contributed by atoms with Gasteiger partial charge in [-0.1, -0.05) is 26.8 Å². The predicted octanol–water partition coefficient (Wildman–Crippen LogP) is 2.21. The van der Waals surface area contributed by atoms with Gasteiger partial charge >= 0.3 is 0 Å². The van der Waals surface area contributed by atoms with Gasteiger partial charge in [-0.25, -0.2) is 0 Å². The second kappa shape index (κ2) is 4.20. The first-order valence-electron chi connectivity index (χ1n) is 5.69. The van der Waals surface area contributed by atoms with E-state index in [4.69, 9.17) is 5.73 Å². The van der Waals surface area contributed by atoms with Gasteiger partial charge in [0.05, 0.1) is 6.54 Å². The maximum atomic E-state index is 5.78. The molecule has 0 aromatic carbocycles. The summed E-state index contributed by atoms with van der Waals surface area (Å²) in [6, 6.07) is 5.91. The Labute approximate surface area is 101 Å². The average molecular weight is 230 g/mol. The van der Waals surface area contributed by atoms with E-state index in [0.717, 1.165) is 11.3 Å². The Balaban J connectivity index is 2.33. The summed E-state index contributed by atoms with van der Waals surface area (Å²) in [5, 5.41) is 4.34. The molecule has 2 aromatic heterocycles. The van der Waals surface area contributed by atoms with Crippen LogP contribution in [-0.4, -0.2) is 14.8 Å². The van der Waals surface area contributed by atoms with Gasteiger partial charge in [0.15, 0.2) is 0 Å². The fourth-order valence-electron chi connectivity index (χ4n) is 1.83. The molecule has 17 heavy (non-hydrogen) atoms. The molecule has 4 heteroatoms. The summed E-state index contributed by atoms with van der Waals surface area (Å²) in [5.74, 6) is 0.568. The van der Waals surface area contributed by atoms with Gasteiger partial charge in [-0.3, -0.25) is 9.67 Å². The van der Waals surface area contributed by atoms with E-state index < -0.39 is 0 Å². The summed E-state index contributed by atoms with van der Waals surface area (Å²) < 4.78 is 1.95. The molecule has 0 aliphatic rings. The molecule has 0 aliphatic carbocycles. The van der Waals surface area contributed by atoms with Gasteiger partial charge in [-0.05, 0) is 11.6 Å². The third kappa shape index (κ3) is 2.64. The Hall–Kier alpha value is -1.84. The van der Waals surface area contributed by atoms with E-state index in [1.54, 1.807) is 6.20 Å². The van der Waals surface area contributed by atoms with Crippen molar-refractivity contribution < 1.29 is 0 Å². The number of hydrogen-bond donors (Lipinski definition) is 1. The van der Waals surface area contributed by atoms with Crippen molar-refractivity contribution in [2.45, 2.75) is 32.7 Å². The van der Waals surface area contributed by atoms with E-state index in [-0.39, 0.29) is 5.41 Å². The average Bonchev–Trinajstić information content (AvgIpc) is 2.60. The van der Waals surface area contributed by atoms with Crippen molar-refractivity contribution in [3.05, 3.63) is 41.9 Å². The van der Waals surface area contributed by atoms with Crippen molar-refractivity contribution >= 4 is 5.82 Å². The van der Waals surface area contributed by atoms with Crippen molar-refractivity contribution in [1.29, 1.82) is 0 Å². The highest BCUT2D eigenvalue weighted by Crippen LogP contribution is 2.24. The normalized spacial score (nSPS) is 11.7. The number of aromatic nitrogens is 3. The van der Waals surface area contributed by atoms with Crippen LogP contribution >= 0.6 is 0 Å². The van der Waals surface area contributed by atoms with Crippen molar-refractivity contribution in [1.82, 2.24) is 14.8 Å². The van der Waals surface area contributed by atoms with Gasteiger partial charge in [0, 0.05) is 29.6 Å². The highest BCUT2D eigenvalue weighted by Gasteiger charge is 2.20. The molecule has 0 spiro atoms. The molecule has 0 amide bonds. The maximum absolute atomic E-state index is 5.78. The number of pyridine rings is 1. The fraction of sp³-hybridized carbons (Fsp3) is 0.385. The van der Waals surface area contributed by atoms with Crippen LogP contribution < -0.4 is 5.73 Å². The number of nitrogens with zero attached hydrogens (tertiary/aromatic N) is 3. The lowest BCUT2D eigenvalue weighted by atomic mass is 9.92. The summed E-state index contributed by atoms with van der Waals surface area (Å²) in [6.07, 6.45) is 3.62. The number of rotatable bonds is 2. The molecule has 0 radical (unpaired) electrons. The largest absolute Gasteiger partial charge is 0.382 e. The second-order valence-corrected chi connectivity index (χ2v) is 5.22. The van der Waals surface area contributed by atoms with Crippen LogP contribution in [0.3, 0.4) is 0 Å². The Bertz CT molecular complexity index is 494. The van der Waals surface area contributed by atoms with Crippen LogP contribution in [0.15, 0.2) is 30.6 Å². The van der Waals surface area contributed by atoms with Gasteiger partial charge in [0.25, 0.3) is 0 Å². The molecular weight excluding hydrogens is 212 g/mol. The van der Waals surface area contributed by atoms with Crippen LogP contribution in [0.4, 0.5) is 5.82 Å². The van der Waals surface area contributed by atoms with E-state index in [1.165, 1.54) is 0 Å². The lowest BCUT2D eigenvalue weighted by molar-refractivity contribution is 0.506. The molecule has 0 aliphatic heterocycles. The molecule has 0 bridgehead atoms. The molecule has 2 heterocycles. The predicted molar refractivity (Wildman–Crippen MR) is 68.7 cm³/mol. The molecule has 0 fully saturated rings. The summed E-state index contributed by atoms with van der Waals surface area (Å²) in [7, 11) is 0. The van der Waals surface area contributed by atoms with Gasteiger partial charge in [-0.15, -0.1) is 0 Å². The van der Waals surface area contributed by atoms with E-state index in [9.17, 15) is 0 Å². The molecule has 4 nitrogen and oxygen atoms in total. The molecule has 0 saturated carbocycles. The molecule has 90 valence electrons. The summed E-state index contributed by atoms with van der Waals surface area (Å²) in [6.45, 7) is 7.17. The van der Waals surface area contributed by atoms with Crippen molar-refractivity contribution in [3.8, 4) is 0 Å². The maximum Gasteiger partial charge on any atom is 0.145 e. The van der Waals surface area contributed by atoms with Crippen LogP contribution in [0, 0.1) is 0 Å². The third-order valence-corrected chi connectivity index (χ3v) is 2.62. The van der Waals surface area contributed by atoms with E-state index in [1.807, 2.05) is 29.1 Å². The van der Waals surface area contributed by atoms with E-state index in [0.29, 0.717) is 12.4 Å². The Morgan fingerprint density at radius 1 is 1.35 bits per heavy atom. The number of nitrogen functional groups attached to an aromatic ring is 1. The topological polar surface area (TPSA) is 56.7 Å². The minimum absolute atomic E-state index is 0.0346. The number of nitrogens with two attached hydrogens (primary N) is 1. The SMILES string of the molecule is CC(C)(C)c1cc(N)nn1Cc1cccnc1. The molecular formula is C13H18N4. The number of anilines is 1. The van der Waals surface area contributed by atoms with Gasteiger partial charge in [0.1, 0.15) is 5.82 Å². The smallest absolute Gasteiger partial charge is 0.145 e. The highest BCUT2D eigenvalue weighted by molar-refractivity contribution is 5.33. The van der Waals surface area contributed by atoms with Gasteiger partial charge < -0.3 is 5.73 Å². The van der Waals surface area contributed by atoms with Crippen LogP contribution in [0.25, 0.3) is 0 Å². The van der Waals surface area contributed by atoms with E-state index >= 15 is 0 Å². The van der Waals surface area contributed by atoms with E-state index in [2.05, 4.69) is 30.9 Å². The standard InChI is InChI=1S/C13H18N4/c1-13(2,3)11-7-12(14)16-17(11)9-10-5-4-6-15-8-10/h4-8H,9H2,1-3H3,(H2,14,16). The molecule has 2 N–H and O–H groups in total. The third-order valence-electron chi connectivity index (χ3n) is 2.62. The highest BCUT2D eigenvalue weighted by atomic mass is 15.3. The fourth-order valence-corrected chi connectivity index (χ4v) is 1.83. The molecule has 0 atom stereocenters. The Morgan fingerprint density at radius 2 is 2.12 bits per heavy atom. The first-order chi connectivity index (χ1) is 7.97. The molecule has 0 unspecified atom stereocenters. The zero-order valence-corrected chi connectivity index (χ0v) is 10.5. The monoisotopic (exact) mass is 230 g/mol. The molecule has 2 rings (SSSR count).